The summed E-state index contributed by atoms with van der Waals surface area (Å²) < 4.78 is 6.15. The molecule has 0 unspecified atom stereocenters. The molecule has 3 N–H and O–H groups in total. The van der Waals surface area contributed by atoms with Gasteiger partial charge in [0, 0.05) is 54.2 Å². The number of aromatic nitrogens is 1. The first-order valence-corrected chi connectivity index (χ1v) is 13.7. The second-order valence-corrected chi connectivity index (χ2v) is 10.9. The summed E-state index contributed by atoms with van der Waals surface area (Å²) >= 11 is 9.76. The fraction of sp³-hybridized carbons (Fsp3) is 0.308. The van der Waals surface area contributed by atoms with Crippen LogP contribution >= 0.6 is 34.3 Å². The van der Waals surface area contributed by atoms with Crippen LogP contribution in [0.15, 0.2) is 42.5 Å². The molecule has 1 amide bonds. The average Bonchev–Trinajstić information content (AvgIpc) is 3.44. The highest BCUT2D eigenvalue weighted by Gasteiger charge is 2.25. The van der Waals surface area contributed by atoms with Crippen molar-refractivity contribution in [2.45, 2.75) is 19.4 Å². The van der Waals surface area contributed by atoms with E-state index >= 15 is 0 Å². The van der Waals surface area contributed by atoms with Gasteiger partial charge in [0.1, 0.15) is 10.0 Å². The number of carbonyl (C=O) groups excluding carboxylic acids is 1. The molecule has 182 valence electrons. The molecular formula is C26H27ClN4O2S2. The van der Waals surface area contributed by atoms with Crippen LogP contribution in [0.2, 0.25) is 5.02 Å². The van der Waals surface area contributed by atoms with Crippen LogP contribution in [0.25, 0.3) is 31.9 Å². The van der Waals surface area contributed by atoms with E-state index in [2.05, 4.69) is 34.1 Å². The van der Waals surface area contributed by atoms with E-state index in [1.54, 1.807) is 29.8 Å². The Kier molecular flexibility index (Phi) is 7.77. The van der Waals surface area contributed by atoms with Gasteiger partial charge < -0.3 is 20.7 Å². The molecule has 4 aromatic rings. The normalized spacial score (nSPS) is 13.2. The van der Waals surface area contributed by atoms with Gasteiger partial charge >= 0.3 is 0 Å². The summed E-state index contributed by atoms with van der Waals surface area (Å²) in [5, 5.41) is 12.4. The lowest BCUT2D eigenvalue weighted by Gasteiger charge is -2.13. The van der Waals surface area contributed by atoms with Crippen molar-refractivity contribution in [2.24, 2.45) is 0 Å². The molecule has 0 saturated heterocycles. The maximum absolute atomic E-state index is 12.7. The summed E-state index contributed by atoms with van der Waals surface area (Å²) in [5.74, 6) is 0.00448. The van der Waals surface area contributed by atoms with E-state index in [0.717, 1.165) is 68.0 Å². The lowest BCUT2D eigenvalue weighted by molar-refractivity contribution is -0.116. The number of hydrogen-bond donors (Lipinski definition) is 3. The number of hydrogen-bond acceptors (Lipinski definition) is 7. The van der Waals surface area contributed by atoms with Gasteiger partial charge in [-0.05, 0) is 42.3 Å². The number of nitrogens with one attached hydrogen (secondary N) is 3. The number of ether oxygens (including phenoxy) is 1. The van der Waals surface area contributed by atoms with Gasteiger partial charge in [0.05, 0.1) is 16.8 Å². The molecule has 6 nitrogen and oxygen atoms in total. The Balaban J connectivity index is 1.44. The van der Waals surface area contributed by atoms with E-state index in [-0.39, 0.29) is 5.91 Å². The molecule has 0 fully saturated rings. The number of benzene rings is 2. The molecule has 35 heavy (non-hydrogen) atoms. The Labute approximate surface area is 217 Å². The van der Waals surface area contributed by atoms with Crippen LogP contribution in [0.4, 0.5) is 5.00 Å². The zero-order valence-corrected chi connectivity index (χ0v) is 21.8. The van der Waals surface area contributed by atoms with Gasteiger partial charge in [-0.15, -0.1) is 22.7 Å². The van der Waals surface area contributed by atoms with Crippen LogP contribution in [-0.2, 0) is 22.5 Å². The first-order valence-electron chi connectivity index (χ1n) is 11.6. The molecule has 2 aromatic carbocycles. The second-order valence-electron chi connectivity index (χ2n) is 8.36. The molecule has 0 bridgehead atoms. The molecule has 0 radical (unpaired) electrons. The zero-order chi connectivity index (χ0) is 24.2. The summed E-state index contributed by atoms with van der Waals surface area (Å²) in [6.45, 7) is 3.73. The molecule has 5 rings (SSSR count). The summed E-state index contributed by atoms with van der Waals surface area (Å²) in [5.41, 5.74) is 5.36. The fourth-order valence-electron chi connectivity index (χ4n) is 4.24. The third-order valence-electron chi connectivity index (χ3n) is 5.98. The highest BCUT2D eigenvalue weighted by Crippen LogP contribution is 2.45. The minimum Gasteiger partial charge on any atom is -0.383 e. The van der Waals surface area contributed by atoms with Gasteiger partial charge in [-0.1, -0.05) is 35.9 Å². The van der Waals surface area contributed by atoms with Crippen molar-refractivity contribution in [1.82, 2.24) is 15.6 Å². The average molecular weight is 527 g/mol. The lowest BCUT2D eigenvalue weighted by atomic mass is 10.0. The van der Waals surface area contributed by atoms with Crippen LogP contribution in [-0.4, -0.2) is 44.2 Å². The monoisotopic (exact) mass is 526 g/mol. The van der Waals surface area contributed by atoms with E-state index in [4.69, 9.17) is 21.3 Å². The number of fused-ring (bicyclic) bond motifs is 2. The number of thiophene rings is 1. The van der Waals surface area contributed by atoms with E-state index in [9.17, 15) is 4.79 Å². The fourth-order valence-corrected chi connectivity index (χ4v) is 6.81. The number of thiazole rings is 1. The molecule has 0 saturated carbocycles. The minimum atomic E-state index is 0.00448. The van der Waals surface area contributed by atoms with Crippen LogP contribution in [0.3, 0.4) is 0 Å². The van der Waals surface area contributed by atoms with Crippen molar-refractivity contribution < 1.29 is 9.53 Å². The number of carbonyl (C=O) groups is 1. The summed E-state index contributed by atoms with van der Waals surface area (Å²) in [4.78, 5) is 19.0. The molecule has 9 heteroatoms. The topological polar surface area (TPSA) is 75.3 Å². The first kappa shape index (κ1) is 24.4. The van der Waals surface area contributed by atoms with E-state index < -0.39 is 0 Å². The number of halogens is 1. The number of nitrogens with zero attached hydrogens (tertiary/aromatic N) is 1. The largest absolute Gasteiger partial charge is 0.383 e. The van der Waals surface area contributed by atoms with Gasteiger partial charge in [-0.3, -0.25) is 4.79 Å². The molecule has 1 aliphatic heterocycles. The lowest BCUT2D eigenvalue weighted by Crippen LogP contribution is -2.24. The maximum Gasteiger partial charge on any atom is 0.226 e. The first-order chi connectivity index (χ1) is 17.1. The van der Waals surface area contributed by atoms with Crippen molar-refractivity contribution in [2.75, 3.05) is 38.7 Å². The Morgan fingerprint density at radius 2 is 2.09 bits per heavy atom. The van der Waals surface area contributed by atoms with E-state index in [0.29, 0.717) is 19.6 Å². The Bertz CT molecular complexity index is 1350. The van der Waals surface area contributed by atoms with E-state index in [1.807, 2.05) is 24.3 Å². The Morgan fingerprint density at radius 1 is 1.20 bits per heavy atom. The summed E-state index contributed by atoms with van der Waals surface area (Å²) in [7, 11) is 1.67. The molecule has 0 atom stereocenters. The molecular weight excluding hydrogens is 500 g/mol. The molecule has 2 aromatic heterocycles. The van der Waals surface area contributed by atoms with Crippen molar-refractivity contribution in [3.8, 4) is 21.7 Å². The van der Waals surface area contributed by atoms with Crippen molar-refractivity contribution in [3.05, 3.63) is 57.9 Å². The molecule has 3 heterocycles. The minimum absolute atomic E-state index is 0.00448. The van der Waals surface area contributed by atoms with E-state index in [1.165, 1.54) is 10.4 Å². The smallest absolute Gasteiger partial charge is 0.226 e. The van der Waals surface area contributed by atoms with Crippen molar-refractivity contribution in [3.63, 3.8) is 0 Å². The maximum atomic E-state index is 12.7. The van der Waals surface area contributed by atoms with Crippen LogP contribution in [0.1, 0.15) is 16.9 Å². The number of rotatable bonds is 9. The van der Waals surface area contributed by atoms with Crippen molar-refractivity contribution >= 4 is 55.4 Å². The SMILES string of the molecule is COCCNCCC(=O)Nc1sc2c(c1-c1nc3cc(-c4ccccc4Cl)ccc3s1)CCNC2. The number of amides is 1. The Hall–Kier alpha value is -2.33. The number of anilines is 1. The van der Waals surface area contributed by atoms with Gasteiger partial charge in [0.15, 0.2) is 0 Å². The third-order valence-corrected chi connectivity index (χ3v) is 8.51. The van der Waals surface area contributed by atoms with Crippen LogP contribution in [0, 0.1) is 0 Å². The number of methoxy groups -OCH3 is 1. The Morgan fingerprint density at radius 3 is 2.94 bits per heavy atom. The molecule has 0 spiro atoms. The standard InChI is InChI=1S/C26H27ClN4O2S2/c1-33-13-12-28-11-9-23(32)31-26-24(18-8-10-29-15-22(18)35-26)25-30-20-14-16(6-7-21(20)34-25)17-4-2-3-5-19(17)27/h2-7,14,28-29H,8-13,15H2,1H3,(H,31,32). The van der Waals surface area contributed by atoms with Gasteiger partial charge in [-0.25, -0.2) is 4.98 Å². The zero-order valence-electron chi connectivity index (χ0n) is 19.4. The second kappa shape index (κ2) is 11.2. The van der Waals surface area contributed by atoms with Gasteiger partial charge in [-0.2, -0.15) is 0 Å². The highest BCUT2D eigenvalue weighted by atomic mass is 35.5. The predicted octanol–water partition coefficient (Wildman–Crippen LogP) is 5.56. The summed E-state index contributed by atoms with van der Waals surface area (Å²) in [6.07, 6.45) is 1.33. The van der Waals surface area contributed by atoms with Gasteiger partial charge in [0.25, 0.3) is 0 Å². The van der Waals surface area contributed by atoms with Gasteiger partial charge in [0.2, 0.25) is 5.91 Å². The highest BCUT2D eigenvalue weighted by molar-refractivity contribution is 7.23. The third kappa shape index (κ3) is 5.43. The molecule has 1 aliphatic rings. The van der Waals surface area contributed by atoms with Crippen LogP contribution in [0.5, 0.6) is 0 Å². The molecule has 0 aliphatic carbocycles. The van der Waals surface area contributed by atoms with Crippen LogP contribution < -0.4 is 16.0 Å². The van der Waals surface area contributed by atoms with Crippen molar-refractivity contribution in [1.29, 1.82) is 0 Å². The summed E-state index contributed by atoms with van der Waals surface area (Å²) in [6, 6.07) is 14.2. The predicted molar refractivity (Wildman–Crippen MR) is 147 cm³/mol. The quantitative estimate of drug-likeness (QED) is 0.249.